The van der Waals surface area contributed by atoms with Crippen LogP contribution in [0.25, 0.3) is 0 Å². The minimum Gasteiger partial charge on any atom is -0.479 e. The normalized spacial score (nSPS) is 9.85. The molecule has 0 amide bonds. The van der Waals surface area contributed by atoms with Gasteiger partial charge in [-0.25, -0.2) is 0 Å². The molecule has 2 rings (SSSR count). The Morgan fingerprint density at radius 2 is 2.10 bits per heavy atom. The molecule has 0 saturated heterocycles. The summed E-state index contributed by atoms with van der Waals surface area (Å²) >= 11 is 6.10. The zero-order valence-corrected chi connectivity index (χ0v) is 11.9. The molecule has 4 heteroatoms. The molecular formula is C16H15ClN2O. The maximum Gasteiger partial charge on any atom is 0.174 e. The lowest BCUT2D eigenvalue weighted by Gasteiger charge is -2.09. The van der Waals surface area contributed by atoms with E-state index in [1.165, 1.54) is 0 Å². The number of benzene rings is 2. The van der Waals surface area contributed by atoms with Gasteiger partial charge in [-0.1, -0.05) is 29.8 Å². The van der Waals surface area contributed by atoms with Crippen LogP contribution in [0.2, 0.25) is 5.02 Å². The van der Waals surface area contributed by atoms with Crippen LogP contribution in [0, 0.1) is 18.3 Å². The highest BCUT2D eigenvalue weighted by Gasteiger charge is 2.00. The molecule has 3 nitrogen and oxygen atoms in total. The number of rotatable bonds is 5. The summed E-state index contributed by atoms with van der Waals surface area (Å²) < 4.78 is 5.26. The van der Waals surface area contributed by atoms with Crippen LogP contribution in [0.4, 0.5) is 5.69 Å². The fraction of sp³-hybridized carbons (Fsp3) is 0.188. The molecule has 0 aliphatic rings. The summed E-state index contributed by atoms with van der Waals surface area (Å²) in [5.74, 6) is 0.679. The van der Waals surface area contributed by atoms with Crippen molar-refractivity contribution in [1.29, 1.82) is 5.26 Å². The fourth-order valence-corrected chi connectivity index (χ4v) is 1.97. The first-order valence-electron chi connectivity index (χ1n) is 6.28. The van der Waals surface area contributed by atoms with E-state index in [1.54, 1.807) is 0 Å². The van der Waals surface area contributed by atoms with Crippen LogP contribution >= 0.6 is 11.6 Å². The molecule has 2 aromatic carbocycles. The van der Waals surface area contributed by atoms with Gasteiger partial charge in [0.15, 0.2) is 6.61 Å². The molecule has 1 N–H and O–H groups in total. The number of ether oxygens (including phenoxy) is 1. The zero-order chi connectivity index (χ0) is 14.4. The van der Waals surface area contributed by atoms with Gasteiger partial charge >= 0.3 is 0 Å². The van der Waals surface area contributed by atoms with Gasteiger partial charge in [-0.3, -0.25) is 0 Å². The van der Waals surface area contributed by atoms with E-state index in [0.29, 0.717) is 12.3 Å². The Kier molecular flexibility index (Phi) is 4.86. The molecule has 0 heterocycles. The second-order valence-corrected chi connectivity index (χ2v) is 4.82. The van der Waals surface area contributed by atoms with Crippen LogP contribution in [0.5, 0.6) is 5.75 Å². The zero-order valence-electron chi connectivity index (χ0n) is 11.2. The van der Waals surface area contributed by atoms with E-state index in [-0.39, 0.29) is 6.61 Å². The number of nitriles is 1. The van der Waals surface area contributed by atoms with Crippen molar-refractivity contribution in [2.75, 3.05) is 11.9 Å². The van der Waals surface area contributed by atoms with E-state index in [0.717, 1.165) is 21.8 Å². The summed E-state index contributed by atoms with van der Waals surface area (Å²) in [6.45, 7) is 2.72. The average Bonchev–Trinajstić information content (AvgIpc) is 2.47. The van der Waals surface area contributed by atoms with Crippen LogP contribution in [-0.4, -0.2) is 6.61 Å². The molecule has 2 aromatic rings. The lowest BCUT2D eigenvalue weighted by molar-refractivity contribution is 0.368. The summed E-state index contributed by atoms with van der Waals surface area (Å²) in [5, 5.41) is 12.6. The van der Waals surface area contributed by atoms with Gasteiger partial charge in [-0.2, -0.15) is 5.26 Å². The molecule has 0 radical (unpaired) electrons. The Hall–Kier alpha value is -2.18. The average molecular weight is 287 g/mol. The van der Waals surface area contributed by atoms with Crippen LogP contribution in [0.1, 0.15) is 11.1 Å². The van der Waals surface area contributed by atoms with Crippen molar-refractivity contribution in [3.05, 3.63) is 58.6 Å². The van der Waals surface area contributed by atoms with Crippen LogP contribution in [0.3, 0.4) is 0 Å². The third kappa shape index (κ3) is 3.91. The lowest BCUT2D eigenvalue weighted by Crippen LogP contribution is -2.00. The second-order valence-electron chi connectivity index (χ2n) is 4.41. The van der Waals surface area contributed by atoms with E-state index < -0.39 is 0 Å². The van der Waals surface area contributed by atoms with Crippen molar-refractivity contribution < 1.29 is 4.74 Å². The lowest BCUT2D eigenvalue weighted by atomic mass is 10.1. The van der Waals surface area contributed by atoms with E-state index in [9.17, 15) is 0 Å². The first-order valence-corrected chi connectivity index (χ1v) is 6.65. The third-order valence-corrected chi connectivity index (χ3v) is 3.28. The summed E-state index contributed by atoms with van der Waals surface area (Å²) in [4.78, 5) is 0. The van der Waals surface area contributed by atoms with E-state index in [2.05, 4.69) is 5.32 Å². The molecule has 0 bridgehead atoms. The van der Waals surface area contributed by atoms with Crippen LogP contribution in [0.15, 0.2) is 42.5 Å². The van der Waals surface area contributed by atoms with Crippen molar-refractivity contribution in [3.63, 3.8) is 0 Å². The Balaban J connectivity index is 1.99. The van der Waals surface area contributed by atoms with Gasteiger partial charge in [0, 0.05) is 23.3 Å². The minimum atomic E-state index is 0.0526. The SMILES string of the molecule is Cc1ccc(CNc2cccc(OCC#N)c2)cc1Cl. The van der Waals surface area contributed by atoms with Gasteiger partial charge in [-0.05, 0) is 36.2 Å². The third-order valence-electron chi connectivity index (χ3n) is 2.87. The Labute approximate surface area is 123 Å². The molecule has 0 atom stereocenters. The van der Waals surface area contributed by atoms with Gasteiger partial charge in [0.05, 0.1) is 0 Å². The van der Waals surface area contributed by atoms with Crippen molar-refractivity contribution in [2.24, 2.45) is 0 Å². The Morgan fingerprint density at radius 1 is 1.25 bits per heavy atom. The number of hydrogen-bond acceptors (Lipinski definition) is 3. The Morgan fingerprint density at radius 3 is 2.85 bits per heavy atom. The highest BCUT2D eigenvalue weighted by atomic mass is 35.5. The van der Waals surface area contributed by atoms with E-state index in [1.807, 2.05) is 55.5 Å². The quantitative estimate of drug-likeness (QED) is 0.897. The summed E-state index contributed by atoms with van der Waals surface area (Å²) in [5.41, 5.74) is 3.13. The van der Waals surface area contributed by atoms with Gasteiger partial charge in [0.1, 0.15) is 11.8 Å². The topological polar surface area (TPSA) is 45.0 Å². The molecule has 0 aromatic heterocycles. The van der Waals surface area contributed by atoms with Gasteiger partial charge < -0.3 is 10.1 Å². The van der Waals surface area contributed by atoms with Crippen molar-refractivity contribution in [2.45, 2.75) is 13.5 Å². The van der Waals surface area contributed by atoms with E-state index in [4.69, 9.17) is 21.6 Å². The molecule has 20 heavy (non-hydrogen) atoms. The molecule has 102 valence electrons. The fourth-order valence-electron chi connectivity index (χ4n) is 1.76. The number of anilines is 1. The highest BCUT2D eigenvalue weighted by Crippen LogP contribution is 2.20. The Bertz CT molecular complexity index is 635. The van der Waals surface area contributed by atoms with Crippen LogP contribution in [-0.2, 0) is 6.54 Å². The molecule has 0 unspecified atom stereocenters. The largest absolute Gasteiger partial charge is 0.479 e. The molecule has 0 saturated carbocycles. The van der Waals surface area contributed by atoms with Gasteiger partial charge in [0.2, 0.25) is 0 Å². The highest BCUT2D eigenvalue weighted by molar-refractivity contribution is 6.31. The smallest absolute Gasteiger partial charge is 0.174 e. The first-order chi connectivity index (χ1) is 9.69. The maximum absolute atomic E-state index is 8.49. The maximum atomic E-state index is 8.49. The summed E-state index contributed by atoms with van der Waals surface area (Å²) in [6, 6.07) is 15.5. The standard InChI is InChI=1S/C16H15ClN2O/c1-12-5-6-13(9-16(12)17)11-19-14-3-2-4-15(10-14)20-8-7-18/h2-6,9-10,19H,8,11H2,1H3. The van der Waals surface area contributed by atoms with Gasteiger partial charge in [0.25, 0.3) is 0 Å². The van der Waals surface area contributed by atoms with Crippen LogP contribution < -0.4 is 10.1 Å². The number of nitrogens with zero attached hydrogens (tertiary/aromatic N) is 1. The molecular weight excluding hydrogens is 272 g/mol. The van der Waals surface area contributed by atoms with E-state index >= 15 is 0 Å². The minimum absolute atomic E-state index is 0.0526. The van der Waals surface area contributed by atoms with Crippen molar-refractivity contribution in [1.82, 2.24) is 0 Å². The van der Waals surface area contributed by atoms with Crippen molar-refractivity contribution >= 4 is 17.3 Å². The number of halogens is 1. The van der Waals surface area contributed by atoms with Gasteiger partial charge in [-0.15, -0.1) is 0 Å². The number of aryl methyl sites for hydroxylation is 1. The van der Waals surface area contributed by atoms with Crippen molar-refractivity contribution in [3.8, 4) is 11.8 Å². The molecule has 0 aliphatic carbocycles. The predicted octanol–water partition coefficient (Wildman–Crippen LogP) is 4.16. The number of nitrogens with one attached hydrogen (secondary N) is 1. The second kappa shape index (κ2) is 6.83. The summed E-state index contributed by atoms with van der Waals surface area (Å²) in [7, 11) is 0. The summed E-state index contributed by atoms with van der Waals surface area (Å²) in [6.07, 6.45) is 0. The first kappa shape index (κ1) is 14.2. The molecule has 0 fully saturated rings. The predicted molar refractivity (Wildman–Crippen MR) is 81.1 cm³/mol. The number of hydrogen-bond donors (Lipinski definition) is 1. The molecule has 0 aliphatic heterocycles. The monoisotopic (exact) mass is 286 g/mol. The molecule has 0 spiro atoms.